The van der Waals surface area contributed by atoms with Gasteiger partial charge in [-0.05, 0) is 31.3 Å². The second-order valence-corrected chi connectivity index (χ2v) is 6.30. The Morgan fingerprint density at radius 3 is 2.48 bits per heavy atom. The van der Waals surface area contributed by atoms with Crippen LogP contribution in [0.4, 0.5) is 13.2 Å². The summed E-state index contributed by atoms with van der Waals surface area (Å²) in [5.41, 5.74) is 7.18. The summed E-state index contributed by atoms with van der Waals surface area (Å²) in [4.78, 5) is 0. The van der Waals surface area contributed by atoms with E-state index in [1.165, 1.54) is 6.08 Å². The third kappa shape index (κ3) is 4.18. The Morgan fingerprint density at radius 1 is 1.35 bits per heavy atom. The smallest absolute Gasteiger partial charge is 0.398 e. The standard InChI is InChI=1S/C17H23F3N2O/c1-4-5-12(17(18,19)20)8-9-13(21)14-15(10(2)3)22-23-16(14)11-6-7-11/h8-11H,4-7,21H2,1-3H3/b12-8+,13-9-. The highest BCUT2D eigenvalue weighted by Gasteiger charge is 2.34. The monoisotopic (exact) mass is 328 g/mol. The van der Waals surface area contributed by atoms with Gasteiger partial charge in [0, 0.05) is 17.2 Å². The molecule has 2 rings (SSSR count). The number of rotatable bonds is 6. The quantitative estimate of drug-likeness (QED) is 0.724. The van der Waals surface area contributed by atoms with Gasteiger partial charge in [0.15, 0.2) is 0 Å². The zero-order chi connectivity index (χ0) is 17.2. The van der Waals surface area contributed by atoms with Crippen LogP contribution < -0.4 is 5.73 Å². The SMILES string of the molecule is CCC/C(=C\C=C(/N)c1c(C(C)C)noc1C1CC1)C(F)(F)F. The molecule has 1 aromatic rings. The van der Waals surface area contributed by atoms with Gasteiger partial charge >= 0.3 is 6.18 Å². The second-order valence-electron chi connectivity index (χ2n) is 6.30. The van der Waals surface area contributed by atoms with Crippen LogP contribution in [0.1, 0.15) is 75.3 Å². The predicted molar refractivity (Wildman–Crippen MR) is 83.8 cm³/mol. The molecular weight excluding hydrogens is 305 g/mol. The van der Waals surface area contributed by atoms with Crippen molar-refractivity contribution in [3.8, 4) is 0 Å². The Morgan fingerprint density at radius 2 is 2.00 bits per heavy atom. The van der Waals surface area contributed by atoms with Crippen molar-refractivity contribution in [1.29, 1.82) is 0 Å². The maximum Gasteiger partial charge on any atom is 0.412 e. The number of allylic oxidation sites excluding steroid dienone is 3. The molecule has 3 nitrogen and oxygen atoms in total. The van der Waals surface area contributed by atoms with E-state index in [1.54, 1.807) is 6.92 Å². The summed E-state index contributed by atoms with van der Waals surface area (Å²) in [6.07, 6.45) is 0.496. The molecule has 0 unspecified atom stereocenters. The number of alkyl halides is 3. The molecule has 1 aromatic heterocycles. The van der Waals surface area contributed by atoms with E-state index in [0.29, 0.717) is 29.4 Å². The van der Waals surface area contributed by atoms with Crippen LogP contribution >= 0.6 is 0 Å². The van der Waals surface area contributed by atoms with Crippen LogP contribution in [0.5, 0.6) is 0 Å². The highest BCUT2D eigenvalue weighted by Crippen LogP contribution is 2.44. The van der Waals surface area contributed by atoms with Crippen molar-refractivity contribution in [1.82, 2.24) is 5.16 Å². The van der Waals surface area contributed by atoms with Crippen molar-refractivity contribution in [2.75, 3.05) is 0 Å². The third-order valence-corrected chi connectivity index (χ3v) is 3.88. The lowest BCUT2D eigenvalue weighted by Crippen LogP contribution is -2.11. The van der Waals surface area contributed by atoms with Crippen molar-refractivity contribution in [3.05, 3.63) is 34.7 Å². The molecule has 6 heteroatoms. The van der Waals surface area contributed by atoms with E-state index in [0.717, 1.165) is 18.9 Å². The van der Waals surface area contributed by atoms with Gasteiger partial charge in [0.25, 0.3) is 0 Å². The number of hydrogen-bond donors (Lipinski definition) is 1. The summed E-state index contributed by atoms with van der Waals surface area (Å²) in [6, 6.07) is 0. The predicted octanol–water partition coefficient (Wildman–Crippen LogP) is 5.26. The normalized spacial score (nSPS) is 17.2. The van der Waals surface area contributed by atoms with Gasteiger partial charge in [0.1, 0.15) is 5.76 Å². The average Bonchev–Trinajstić information content (AvgIpc) is 3.19. The Kier molecular flexibility index (Phi) is 5.22. The van der Waals surface area contributed by atoms with E-state index < -0.39 is 11.7 Å². The summed E-state index contributed by atoms with van der Waals surface area (Å²) in [5, 5.41) is 4.07. The first-order valence-corrected chi connectivity index (χ1v) is 7.99. The minimum atomic E-state index is -4.33. The molecule has 1 aliphatic carbocycles. The fourth-order valence-electron chi connectivity index (χ4n) is 2.49. The number of nitrogens with two attached hydrogens (primary N) is 1. The minimum absolute atomic E-state index is 0.0244. The molecule has 23 heavy (non-hydrogen) atoms. The van der Waals surface area contributed by atoms with Crippen molar-refractivity contribution >= 4 is 5.70 Å². The Labute approximate surface area is 134 Å². The van der Waals surface area contributed by atoms with Gasteiger partial charge in [-0.1, -0.05) is 38.4 Å². The van der Waals surface area contributed by atoms with Crippen LogP contribution in [0.3, 0.4) is 0 Å². The van der Waals surface area contributed by atoms with E-state index in [2.05, 4.69) is 5.16 Å². The van der Waals surface area contributed by atoms with E-state index in [1.807, 2.05) is 13.8 Å². The lowest BCUT2D eigenvalue weighted by molar-refractivity contribution is -0.0940. The molecule has 0 bridgehead atoms. The van der Waals surface area contributed by atoms with Gasteiger partial charge in [0.05, 0.1) is 11.3 Å². The zero-order valence-electron chi connectivity index (χ0n) is 13.7. The van der Waals surface area contributed by atoms with Gasteiger partial charge < -0.3 is 10.3 Å². The molecule has 1 fully saturated rings. The molecule has 128 valence electrons. The average molecular weight is 328 g/mol. The van der Waals surface area contributed by atoms with Crippen LogP contribution in [0, 0.1) is 0 Å². The number of halogens is 3. The zero-order valence-corrected chi connectivity index (χ0v) is 13.7. The van der Waals surface area contributed by atoms with Gasteiger partial charge in [-0.15, -0.1) is 0 Å². The van der Waals surface area contributed by atoms with Crippen LogP contribution in [0.15, 0.2) is 22.2 Å². The van der Waals surface area contributed by atoms with Gasteiger partial charge in [-0.3, -0.25) is 0 Å². The highest BCUT2D eigenvalue weighted by atomic mass is 19.4. The summed E-state index contributed by atoms with van der Waals surface area (Å²) in [5.74, 6) is 1.09. The Hall–Kier alpha value is -1.72. The van der Waals surface area contributed by atoms with Crippen LogP contribution in [-0.2, 0) is 0 Å². The fourth-order valence-corrected chi connectivity index (χ4v) is 2.49. The Bertz CT molecular complexity index is 588. The molecular formula is C17H23F3N2O. The number of aromatic nitrogens is 1. The van der Waals surface area contributed by atoms with Gasteiger partial charge in [0.2, 0.25) is 0 Å². The molecule has 0 radical (unpaired) electrons. The molecule has 0 spiro atoms. The molecule has 0 atom stereocenters. The largest absolute Gasteiger partial charge is 0.412 e. The molecule has 0 aromatic carbocycles. The summed E-state index contributed by atoms with van der Waals surface area (Å²) in [7, 11) is 0. The molecule has 0 saturated heterocycles. The third-order valence-electron chi connectivity index (χ3n) is 3.88. The molecule has 1 heterocycles. The van der Waals surface area contributed by atoms with Crippen molar-refractivity contribution in [2.24, 2.45) is 5.73 Å². The van der Waals surface area contributed by atoms with Crippen molar-refractivity contribution in [2.45, 2.75) is 64.5 Å². The van der Waals surface area contributed by atoms with Crippen LogP contribution in [0.25, 0.3) is 5.70 Å². The topological polar surface area (TPSA) is 52.0 Å². The number of hydrogen-bond acceptors (Lipinski definition) is 3. The van der Waals surface area contributed by atoms with E-state index in [4.69, 9.17) is 10.3 Å². The van der Waals surface area contributed by atoms with Crippen LogP contribution in [0.2, 0.25) is 0 Å². The van der Waals surface area contributed by atoms with Crippen LogP contribution in [-0.4, -0.2) is 11.3 Å². The van der Waals surface area contributed by atoms with E-state index >= 15 is 0 Å². The summed E-state index contributed by atoms with van der Waals surface area (Å²) < 4.78 is 44.3. The summed E-state index contributed by atoms with van der Waals surface area (Å²) >= 11 is 0. The maximum atomic E-state index is 13.0. The summed E-state index contributed by atoms with van der Waals surface area (Å²) in [6.45, 7) is 5.63. The van der Waals surface area contributed by atoms with E-state index in [9.17, 15) is 13.2 Å². The lowest BCUT2D eigenvalue weighted by Gasteiger charge is -2.10. The first-order chi connectivity index (χ1) is 10.8. The molecule has 0 amide bonds. The molecule has 0 aliphatic heterocycles. The van der Waals surface area contributed by atoms with Gasteiger partial charge in [-0.25, -0.2) is 0 Å². The van der Waals surface area contributed by atoms with Crippen molar-refractivity contribution in [3.63, 3.8) is 0 Å². The van der Waals surface area contributed by atoms with Gasteiger partial charge in [-0.2, -0.15) is 13.2 Å². The first kappa shape index (κ1) is 17.6. The van der Waals surface area contributed by atoms with Crippen molar-refractivity contribution < 1.29 is 17.7 Å². The maximum absolute atomic E-state index is 13.0. The second kappa shape index (κ2) is 6.81. The van der Waals surface area contributed by atoms with E-state index in [-0.39, 0.29) is 18.0 Å². The lowest BCUT2D eigenvalue weighted by atomic mass is 9.99. The molecule has 2 N–H and O–H groups in total. The molecule has 1 aliphatic rings. The highest BCUT2D eigenvalue weighted by molar-refractivity contribution is 5.69. The Balaban J connectivity index is 2.38. The molecule has 1 saturated carbocycles. The fraction of sp³-hybridized carbons (Fsp3) is 0.588. The number of nitrogens with zero attached hydrogens (tertiary/aromatic N) is 1. The first-order valence-electron chi connectivity index (χ1n) is 7.99. The minimum Gasteiger partial charge on any atom is -0.398 e.